The van der Waals surface area contributed by atoms with Crippen molar-refractivity contribution in [3.8, 4) is 5.75 Å². The molecule has 1 amide bonds. The summed E-state index contributed by atoms with van der Waals surface area (Å²) in [5.41, 5.74) is 3.05. The molecule has 0 aliphatic heterocycles. The van der Waals surface area contributed by atoms with E-state index in [1.165, 1.54) is 0 Å². The number of aliphatic hydroxyl groups is 1. The quantitative estimate of drug-likeness (QED) is 0.839. The van der Waals surface area contributed by atoms with Crippen LogP contribution in [0.3, 0.4) is 0 Å². The molecule has 0 aliphatic rings. The molecule has 0 saturated heterocycles. The summed E-state index contributed by atoms with van der Waals surface area (Å²) in [5, 5.41) is 9.19. The molecule has 0 bridgehead atoms. The Bertz CT molecular complexity index is 667. The number of carbonyl (C=O) groups excluding carboxylic acids is 1. The van der Waals surface area contributed by atoms with Crippen LogP contribution in [-0.2, 0) is 18.4 Å². The lowest BCUT2D eigenvalue weighted by molar-refractivity contribution is -0.134. The van der Waals surface area contributed by atoms with Gasteiger partial charge in [0, 0.05) is 19.8 Å². The predicted molar refractivity (Wildman–Crippen MR) is 87.1 cm³/mol. The maximum atomic E-state index is 12.4. The number of carbonyl (C=O) groups is 1. The molecule has 0 radical (unpaired) electrons. The molecule has 0 unspecified atom stereocenters. The third-order valence-corrected chi connectivity index (χ3v) is 3.90. The third-order valence-electron chi connectivity index (χ3n) is 3.90. The van der Waals surface area contributed by atoms with E-state index in [4.69, 9.17) is 4.74 Å². The first-order valence-corrected chi connectivity index (χ1v) is 7.55. The minimum Gasteiger partial charge on any atom is -0.483 e. The van der Waals surface area contributed by atoms with Gasteiger partial charge in [0.25, 0.3) is 5.91 Å². The van der Waals surface area contributed by atoms with E-state index in [0.29, 0.717) is 12.3 Å². The lowest BCUT2D eigenvalue weighted by atomic mass is 10.1. The van der Waals surface area contributed by atoms with Crippen LogP contribution >= 0.6 is 0 Å². The Kier molecular flexibility index (Phi) is 5.76. The van der Waals surface area contributed by atoms with Crippen LogP contribution in [0.1, 0.15) is 16.8 Å². The van der Waals surface area contributed by atoms with Crippen molar-refractivity contribution < 1.29 is 14.6 Å². The van der Waals surface area contributed by atoms with Gasteiger partial charge in [-0.1, -0.05) is 12.1 Å². The lowest BCUT2D eigenvalue weighted by Crippen LogP contribution is -2.37. The zero-order valence-electron chi connectivity index (χ0n) is 13.8. The van der Waals surface area contributed by atoms with Gasteiger partial charge in [-0.2, -0.15) is 0 Å². The number of nitrogens with zero attached hydrogens (tertiary/aromatic N) is 3. The molecule has 23 heavy (non-hydrogen) atoms. The number of aliphatic hydroxyl groups excluding tert-OH is 1. The van der Waals surface area contributed by atoms with E-state index < -0.39 is 0 Å². The maximum absolute atomic E-state index is 12.4. The second kappa shape index (κ2) is 7.78. The first-order valence-electron chi connectivity index (χ1n) is 7.55. The van der Waals surface area contributed by atoms with Gasteiger partial charge in [0.15, 0.2) is 6.61 Å². The SMILES string of the molecule is Cc1cccc(OCC(=O)N(CCO)Cc2cncn2C)c1C. The lowest BCUT2D eigenvalue weighted by Gasteiger charge is -2.22. The molecule has 0 fully saturated rings. The van der Waals surface area contributed by atoms with Crippen molar-refractivity contribution in [1.82, 2.24) is 14.5 Å². The zero-order valence-corrected chi connectivity index (χ0v) is 13.8. The molecule has 0 spiro atoms. The van der Waals surface area contributed by atoms with E-state index in [-0.39, 0.29) is 25.7 Å². The maximum Gasteiger partial charge on any atom is 0.260 e. The summed E-state index contributed by atoms with van der Waals surface area (Å²) < 4.78 is 7.51. The number of aryl methyl sites for hydroxylation is 2. The van der Waals surface area contributed by atoms with Crippen LogP contribution in [0.5, 0.6) is 5.75 Å². The summed E-state index contributed by atoms with van der Waals surface area (Å²) in [6.07, 6.45) is 3.40. The van der Waals surface area contributed by atoms with Crippen LogP contribution in [0.2, 0.25) is 0 Å². The van der Waals surface area contributed by atoms with Crippen molar-refractivity contribution in [2.45, 2.75) is 20.4 Å². The highest BCUT2D eigenvalue weighted by Crippen LogP contribution is 2.20. The van der Waals surface area contributed by atoms with Crippen molar-refractivity contribution in [2.75, 3.05) is 19.8 Å². The molecular weight excluding hydrogens is 294 g/mol. The average molecular weight is 317 g/mol. The minimum absolute atomic E-state index is 0.0534. The van der Waals surface area contributed by atoms with Crippen LogP contribution in [0.25, 0.3) is 0 Å². The van der Waals surface area contributed by atoms with E-state index in [1.54, 1.807) is 17.4 Å². The standard InChI is InChI=1S/C17H23N3O3/c1-13-5-4-6-16(14(13)2)23-11-17(22)20(7-8-21)10-15-9-18-12-19(15)3/h4-6,9,12,21H,7-8,10-11H2,1-3H3. The summed E-state index contributed by atoms with van der Waals surface area (Å²) in [6, 6.07) is 5.76. The van der Waals surface area contributed by atoms with Gasteiger partial charge in [0.05, 0.1) is 25.2 Å². The number of hydrogen-bond acceptors (Lipinski definition) is 4. The number of rotatable bonds is 7. The number of ether oxygens (including phenoxy) is 1. The third kappa shape index (κ3) is 4.32. The van der Waals surface area contributed by atoms with Crippen LogP contribution < -0.4 is 4.74 Å². The molecule has 2 rings (SSSR count). The van der Waals surface area contributed by atoms with Gasteiger partial charge in [0.1, 0.15) is 5.75 Å². The fourth-order valence-corrected chi connectivity index (χ4v) is 2.26. The summed E-state index contributed by atoms with van der Waals surface area (Å²) in [6.45, 7) is 4.49. The van der Waals surface area contributed by atoms with E-state index >= 15 is 0 Å². The van der Waals surface area contributed by atoms with E-state index in [9.17, 15) is 9.90 Å². The first-order chi connectivity index (χ1) is 11.0. The highest BCUT2D eigenvalue weighted by molar-refractivity contribution is 5.77. The van der Waals surface area contributed by atoms with Gasteiger partial charge in [-0.25, -0.2) is 4.98 Å². The average Bonchev–Trinajstić information content (AvgIpc) is 2.93. The summed E-state index contributed by atoms with van der Waals surface area (Å²) in [7, 11) is 1.87. The smallest absolute Gasteiger partial charge is 0.260 e. The van der Waals surface area contributed by atoms with Crippen molar-refractivity contribution in [3.05, 3.63) is 47.5 Å². The van der Waals surface area contributed by atoms with Gasteiger partial charge >= 0.3 is 0 Å². The van der Waals surface area contributed by atoms with Crippen molar-refractivity contribution in [1.29, 1.82) is 0 Å². The zero-order chi connectivity index (χ0) is 16.8. The Morgan fingerprint density at radius 1 is 1.39 bits per heavy atom. The monoisotopic (exact) mass is 317 g/mol. The number of benzene rings is 1. The van der Waals surface area contributed by atoms with Crippen LogP contribution in [0.15, 0.2) is 30.7 Å². The molecule has 1 N–H and O–H groups in total. The molecule has 6 nitrogen and oxygen atoms in total. The van der Waals surface area contributed by atoms with E-state index in [0.717, 1.165) is 16.8 Å². The Balaban J connectivity index is 2.00. The van der Waals surface area contributed by atoms with Crippen molar-refractivity contribution in [3.63, 3.8) is 0 Å². The van der Waals surface area contributed by atoms with Crippen LogP contribution in [0, 0.1) is 13.8 Å². The molecule has 2 aromatic rings. The van der Waals surface area contributed by atoms with Gasteiger partial charge < -0.3 is 19.3 Å². The van der Waals surface area contributed by atoms with Crippen LogP contribution in [-0.4, -0.2) is 45.2 Å². The van der Waals surface area contributed by atoms with Crippen molar-refractivity contribution in [2.24, 2.45) is 7.05 Å². The molecule has 1 aromatic heterocycles. The molecule has 1 heterocycles. The van der Waals surface area contributed by atoms with Crippen molar-refractivity contribution >= 4 is 5.91 Å². The van der Waals surface area contributed by atoms with Gasteiger partial charge in [0.2, 0.25) is 0 Å². The Morgan fingerprint density at radius 2 is 2.17 bits per heavy atom. The Morgan fingerprint density at radius 3 is 2.83 bits per heavy atom. The predicted octanol–water partition coefficient (Wildman–Crippen LogP) is 1.44. The second-order valence-corrected chi connectivity index (χ2v) is 5.52. The highest BCUT2D eigenvalue weighted by Gasteiger charge is 2.16. The van der Waals surface area contributed by atoms with Crippen LogP contribution in [0.4, 0.5) is 0 Å². The first kappa shape index (κ1) is 17.0. The molecule has 0 saturated carbocycles. The second-order valence-electron chi connectivity index (χ2n) is 5.52. The molecule has 1 aromatic carbocycles. The number of amides is 1. The minimum atomic E-state index is -0.166. The molecule has 6 heteroatoms. The van der Waals surface area contributed by atoms with E-state index in [2.05, 4.69) is 4.98 Å². The fourth-order valence-electron chi connectivity index (χ4n) is 2.26. The molecule has 0 aliphatic carbocycles. The Labute approximate surface area is 136 Å². The number of aromatic nitrogens is 2. The van der Waals surface area contributed by atoms with Gasteiger partial charge in [-0.3, -0.25) is 4.79 Å². The molecular formula is C17H23N3O3. The number of imidazole rings is 1. The van der Waals surface area contributed by atoms with Gasteiger partial charge in [-0.05, 0) is 31.0 Å². The van der Waals surface area contributed by atoms with E-state index in [1.807, 2.05) is 43.7 Å². The molecule has 124 valence electrons. The molecule has 0 atom stereocenters. The van der Waals surface area contributed by atoms with Gasteiger partial charge in [-0.15, -0.1) is 0 Å². The highest BCUT2D eigenvalue weighted by atomic mass is 16.5. The summed E-state index contributed by atoms with van der Waals surface area (Å²) in [5.74, 6) is 0.545. The Hall–Kier alpha value is -2.34. The summed E-state index contributed by atoms with van der Waals surface area (Å²) in [4.78, 5) is 18.0. The largest absolute Gasteiger partial charge is 0.483 e. The fraction of sp³-hybridized carbons (Fsp3) is 0.412. The topological polar surface area (TPSA) is 67.6 Å². The normalized spacial score (nSPS) is 10.6. The summed E-state index contributed by atoms with van der Waals surface area (Å²) >= 11 is 0. The number of hydrogen-bond donors (Lipinski definition) is 1.